The van der Waals surface area contributed by atoms with Crippen molar-refractivity contribution in [3.8, 4) is 0 Å². The molecule has 0 aromatic heterocycles. The lowest BCUT2D eigenvalue weighted by Crippen LogP contribution is -2.52. The standard InChI is InChI=1S/C38H57N3O6/c1-10-11-12-13-14-18-24-41(32(42)26-39-36(45)47-38(7,8)9)33(30-23-19-20-27(2)28(30)3)34(43)40-31(35(44)46-37(4,5)6)25-29-21-16-15-17-22-29/h15-17,19-23,31,33H,10-14,18,24-26H2,1-9H3,(H,39,45)(H,40,43). The van der Waals surface area contributed by atoms with Gasteiger partial charge >= 0.3 is 12.1 Å². The molecule has 2 N–H and O–H groups in total. The van der Waals surface area contributed by atoms with Crippen LogP contribution < -0.4 is 10.6 Å². The number of rotatable bonds is 16. The highest BCUT2D eigenvalue weighted by atomic mass is 16.6. The summed E-state index contributed by atoms with van der Waals surface area (Å²) in [7, 11) is 0. The van der Waals surface area contributed by atoms with E-state index in [1.54, 1.807) is 41.5 Å². The third-order valence-electron chi connectivity index (χ3n) is 7.65. The van der Waals surface area contributed by atoms with Gasteiger partial charge in [-0.05, 0) is 84.1 Å². The number of esters is 1. The summed E-state index contributed by atoms with van der Waals surface area (Å²) in [5.41, 5.74) is 1.84. The highest BCUT2D eigenvalue weighted by molar-refractivity contribution is 5.93. The molecule has 9 nitrogen and oxygen atoms in total. The molecule has 0 aliphatic rings. The van der Waals surface area contributed by atoms with Crippen LogP contribution in [0.3, 0.4) is 0 Å². The topological polar surface area (TPSA) is 114 Å². The van der Waals surface area contributed by atoms with Crippen molar-refractivity contribution in [1.82, 2.24) is 15.5 Å². The summed E-state index contributed by atoms with van der Waals surface area (Å²) >= 11 is 0. The largest absolute Gasteiger partial charge is 0.458 e. The number of carbonyl (C=O) groups is 4. The second kappa shape index (κ2) is 18.5. The second-order valence-corrected chi connectivity index (χ2v) is 14.2. The number of unbranched alkanes of at least 4 members (excludes halogenated alkanes) is 5. The molecule has 2 aromatic carbocycles. The minimum absolute atomic E-state index is 0.215. The van der Waals surface area contributed by atoms with Crippen molar-refractivity contribution in [1.29, 1.82) is 0 Å². The molecule has 0 saturated heterocycles. The quantitative estimate of drug-likeness (QED) is 0.148. The van der Waals surface area contributed by atoms with Gasteiger partial charge in [-0.15, -0.1) is 0 Å². The van der Waals surface area contributed by atoms with Gasteiger partial charge in [-0.3, -0.25) is 9.59 Å². The van der Waals surface area contributed by atoms with E-state index < -0.39 is 47.2 Å². The van der Waals surface area contributed by atoms with E-state index in [-0.39, 0.29) is 13.0 Å². The summed E-state index contributed by atoms with van der Waals surface area (Å²) < 4.78 is 11.1. The molecule has 3 amide bonds. The molecule has 2 aromatic rings. The Labute approximate surface area is 282 Å². The van der Waals surface area contributed by atoms with Gasteiger partial charge in [0.2, 0.25) is 11.8 Å². The van der Waals surface area contributed by atoms with Crippen molar-refractivity contribution in [2.24, 2.45) is 0 Å². The Kier molecular flexibility index (Phi) is 15.4. The van der Waals surface area contributed by atoms with Gasteiger partial charge in [0.25, 0.3) is 0 Å². The maximum atomic E-state index is 14.5. The van der Waals surface area contributed by atoms with E-state index >= 15 is 0 Å². The molecular formula is C38H57N3O6. The van der Waals surface area contributed by atoms with Gasteiger partial charge in [-0.2, -0.15) is 0 Å². The molecule has 0 saturated carbocycles. The minimum atomic E-state index is -1.06. The molecule has 0 fully saturated rings. The zero-order valence-corrected chi connectivity index (χ0v) is 30.0. The SMILES string of the molecule is CCCCCCCCN(C(=O)CNC(=O)OC(C)(C)C)C(C(=O)NC(Cc1ccccc1)C(=O)OC(C)(C)C)c1cccc(C)c1C. The molecule has 0 aliphatic heterocycles. The molecule has 0 heterocycles. The van der Waals surface area contributed by atoms with E-state index in [1.165, 1.54) is 4.90 Å². The fraction of sp³-hybridized carbons (Fsp3) is 0.579. The van der Waals surface area contributed by atoms with Gasteiger partial charge < -0.3 is 25.0 Å². The Bertz CT molecular complexity index is 1310. The number of alkyl carbamates (subject to hydrolysis) is 1. The Hall–Kier alpha value is -3.88. The third kappa shape index (κ3) is 14.2. The van der Waals surface area contributed by atoms with Crippen LogP contribution in [0.2, 0.25) is 0 Å². The number of nitrogens with zero attached hydrogens (tertiary/aromatic N) is 1. The van der Waals surface area contributed by atoms with Gasteiger partial charge in [0, 0.05) is 13.0 Å². The summed E-state index contributed by atoms with van der Waals surface area (Å²) in [6, 6.07) is 13.0. The Morgan fingerprint density at radius 2 is 1.40 bits per heavy atom. The first-order valence-electron chi connectivity index (χ1n) is 16.9. The fourth-order valence-electron chi connectivity index (χ4n) is 5.21. The van der Waals surface area contributed by atoms with Gasteiger partial charge in [0.15, 0.2) is 0 Å². The highest BCUT2D eigenvalue weighted by Crippen LogP contribution is 2.28. The molecule has 0 aliphatic carbocycles. The molecule has 0 bridgehead atoms. The molecule has 2 unspecified atom stereocenters. The van der Waals surface area contributed by atoms with Crippen LogP contribution in [0.4, 0.5) is 4.79 Å². The van der Waals surface area contributed by atoms with Crippen molar-refractivity contribution in [2.75, 3.05) is 13.1 Å². The number of aryl methyl sites for hydroxylation is 1. The van der Waals surface area contributed by atoms with Gasteiger partial charge in [-0.1, -0.05) is 87.6 Å². The number of amides is 3. The Morgan fingerprint density at radius 1 is 0.787 bits per heavy atom. The Balaban J connectivity index is 2.52. The summed E-state index contributed by atoms with van der Waals surface area (Å²) in [4.78, 5) is 56.0. The first-order chi connectivity index (χ1) is 22.0. The molecule has 47 heavy (non-hydrogen) atoms. The zero-order valence-electron chi connectivity index (χ0n) is 30.0. The number of hydrogen-bond acceptors (Lipinski definition) is 6. The number of benzene rings is 2. The third-order valence-corrected chi connectivity index (χ3v) is 7.65. The summed E-state index contributed by atoms with van der Waals surface area (Å²) in [6.45, 7) is 16.6. The smallest absolute Gasteiger partial charge is 0.408 e. The zero-order chi connectivity index (χ0) is 35.2. The normalized spacial score (nSPS) is 12.9. The van der Waals surface area contributed by atoms with E-state index in [1.807, 2.05) is 62.4 Å². The van der Waals surface area contributed by atoms with Crippen LogP contribution in [0.25, 0.3) is 0 Å². The molecule has 0 radical (unpaired) electrons. The number of carbonyl (C=O) groups excluding carboxylic acids is 4. The Morgan fingerprint density at radius 3 is 2.02 bits per heavy atom. The van der Waals surface area contributed by atoms with Crippen molar-refractivity contribution in [2.45, 2.75) is 131 Å². The fourth-order valence-corrected chi connectivity index (χ4v) is 5.21. The van der Waals surface area contributed by atoms with Crippen LogP contribution in [0.5, 0.6) is 0 Å². The van der Waals surface area contributed by atoms with Crippen LogP contribution in [-0.2, 0) is 30.3 Å². The molecule has 2 rings (SSSR count). The summed E-state index contributed by atoms with van der Waals surface area (Å²) in [6.07, 6.45) is 5.45. The molecule has 9 heteroatoms. The molecule has 260 valence electrons. The maximum Gasteiger partial charge on any atom is 0.408 e. The lowest BCUT2D eigenvalue weighted by atomic mass is 9.94. The van der Waals surface area contributed by atoms with E-state index in [0.717, 1.165) is 48.8 Å². The first-order valence-corrected chi connectivity index (χ1v) is 16.9. The van der Waals surface area contributed by atoms with Crippen LogP contribution >= 0.6 is 0 Å². The van der Waals surface area contributed by atoms with Gasteiger partial charge in [0.05, 0.1) is 0 Å². The van der Waals surface area contributed by atoms with Crippen LogP contribution in [0.1, 0.15) is 115 Å². The lowest BCUT2D eigenvalue weighted by Gasteiger charge is -2.34. The van der Waals surface area contributed by atoms with E-state index in [2.05, 4.69) is 17.6 Å². The molecule has 2 atom stereocenters. The second-order valence-electron chi connectivity index (χ2n) is 14.2. The predicted molar refractivity (Wildman–Crippen MR) is 186 cm³/mol. The van der Waals surface area contributed by atoms with Crippen LogP contribution in [-0.4, -0.2) is 59.1 Å². The average molecular weight is 652 g/mol. The molecule has 0 spiro atoms. The van der Waals surface area contributed by atoms with Crippen molar-refractivity contribution in [3.63, 3.8) is 0 Å². The van der Waals surface area contributed by atoms with Gasteiger partial charge in [-0.25, -0.2) is 9.59 Å². The first kappa shape index (κ1) is 39.3. The van der Waals surface area contributed by atoms with Crippen molar-refractivity contribution in [3.05, 3.63) is 70.8 Å². The summed E-state index contributed by atoms with van der Waals surface area (Å²) in [5.74, 6) is -1.49. The van der Waals surface area contributed by atoms with Crippen LogP contribution in [0, 0.1) is 13.8 Å². The van der Waals surface area contributed by atoms with Crippen LogP contribution in [0.15, 0.2) is 48.5 Å². The lowest BCUT2D eigenvalue weighted by molar-refractivity contribution is -0.159. The number of hydrogen-bond donors (Lipinski definition) is 2. The number of ether oxygens (including phenoxy) is 2. The predicted octanol–water partition coefficient (Wildman–Crippen LogP) is 7.13. The summed E-state index contributed by atoms with van der Waals surface area (Å²) in [5, 5.41) is 5.53. The minimum Gasteiger partial charge on any atom is -0.458 e. The van der Waals surface area contributed by atoms with Gasteiger partial charge in [0.1, 0.15) is 29.8 Å². The van der Waals surface area contributed by atoms with E-state index in [0.29, 0.717) is 18.5 Å². The van der Waals surface area contributed by atoms with Crippen molar-refractivity contribution < 1.29 is 28.7 Å². The molecular weight excluding hydrogens is 594 g/mol. The maximum absolute atomic E-state index is 14.5. The van der Waals surface area contributed by atoms with Crippen molar-refractivity contribution >= 4 is 23.9 Å². The van der Waals surface area contributed by atoms with E-state index in [9.17, 15) is 19.2 Å². The number of nitrogens with one attached hydrogen (secondary N) is 2. The monoisotopic (exact) mass is 651 g/mol. The average Bonchev–Trinajstić information content (AvgIpc) is 2.97. The van der Waals surface area contributed by atoms with E-state index in [4.69, 9.17) is 9.47 Å². The highest BCUT2D eigenvalue weighted by Gasteiger charge is 2.36.